The summed E-state index contributed by atoms with van der Waals surface area (Å²) in [6.07, 6.45) is 4.78. The molecule has 0 aromatic carbocycles. The van der Waals surface area contributed by atoms with Gasteiger partial charge in [-0.15, -0.1) is 0 Å². The minimum absolute atomic E-state index is 0.419. The normalized spacial score (nSPS) is 41.7. The molecule has 0 radical (unpaired) electrons. The summed E-state index contributed by atoms with van der Waals surface area (Å²) in [5.74, 6) is 0.891. The summed E-state index contributed by atoms with van der Waals surface area (Å²) in [4.78, 5) is 0. The lowest BCUT2D eigenvalue weighted by Crippen LogP contribution is -2.50. The Labute approximate surface area is 93.0 Å². The first kappa shape index (κ1) is 11.0. The highest BCUT2D eigenvalue weighted by atomic mass is 15.0. The van der Waals surface area contributed by atoms with Crippen molar-refractivity contribution in [3.05, 3.63) is 0 Å². The van der Waals surface area contributed by atoms with Gasteiger partial charge in [0.05, 0.1) is 6.07 Å². The number of nitrogens with one attached hydrogen (secondary N) is 1. The van der Waals surface area contributed by atoms with Gasteiger partial charge in [0.15, 0.2) is 0 Å². The fourth-order valence-electron chi connectivity index (χ4n) is 4.08. The first-order valence-corrected chi connectivity index (χ1v) is 6.11. The molecule has 2 saturated carbocycles. The molecule has 2 aliphatic rings. The highest BCUT2D eigenvalue weighted by Crippen LogP contribution is 2.62. The van der Waals surface area contributed by atoms with Gasteiger partial charge < -0.3 is 5.32 Å². The zero-order chi connectivity index (χ0) is 11.1. The van der Waals surface area contributed by atoms with Gasteiger partial charge in [-0.05, 0) is 36.0 Å². The molecule has 0 saturated heterocycles. The van der Waals surface area contributed by atoms with Crippen LogP contribution in [0.4, 0.5) is 0 Å². The molecule has 2 rings (SSSR count). The molecule has 2 nitrogen and oxygen atoms in total. The number of nitrogens with zero attached hydrogens (tertiary/aromatic N) is 1. The second-order valence-electron chi connectivity index (χ2n) is 6.21. The van der Waals surface area contributed by atoms with Gasteiger partial charge in [0.1, 0.15) is 0 Å². The van der Waals surface area contributed by atoms with E-state index in [1.807, 2.05) is 0 Å². The van der Waals surface area contributed by atoms with E-state index in [-0.39, 0.29) is 0 Å². The second-order valence-corrected chi connectivity index (χ2v) is 6.21. The van der Waals surface area contributed by atoms with Crippen LogP contribution in [-0.2, 0) is 0 Å². The van der Waals surface area contributed by atoms with Gasteiger partial charge in [-0.1, -0.05) is 20.8 Å². The molecular formula is C13H22N2. The van der Waals surface area contributed by atoms with Gasteiger partial charge >= 0.3 is 0 Å². The van der Waals surface area contributed by atoms with E-state index in [0.29, 0.717) is 23.3 Å². The van der Waals surface area contributed by atoms with E-state index in [9.17, 15) is 0 Å². The summed E-state index contributed by atoms with van der Waals surface area (Å²) < 4.78 is 0. The summed E-state index contributed by atoms with van der Waals surface area (Å²) in [5, 5.41) is 12.2. The van der Waals surface area contributed by atoms with Crippen LogP contribution in [0.5, 0.6) is 0 Å². The molecule has 3 unspecified atom stereocenters. The van der Waals surface area contributed by atoms with E-state index in [1.54, 1.807) is 0 Å². The van der Waals surface area contributed by atoms with Gasteiger partial charge in [0.2, 0.25) is 0 Å². The van der Waals surface area contributed by atoms with Crippen LogP contribution >= 0.6 is 0 Å². The lowest BCUT2D eigenvalue weighted by atomic mass is 9.68. The van der Waals surface area contributed by atoms with Gasteiger partial charge in [-0.2, -0.15) is 5.26 Å². The van der Waals surface area contributed by atoms with Crippen molar-refractivity contribution in [2.24, 2.45) is 16.7 Å². The first-order valence-electron chi connectivity index (χ1n) is 6.11. The standard InChI is InChI=1S/C13H22N2/c1-12(2)10-5-6-13(3,9-10)11(12)15-8-4-7-14/h10-11,15H,4-6,8-9H2,1-3H3. The number of hydrogen-bond donors (Lipinski definition) is 1. The van der Waals surface area contributed by atoms with E-state index in [4.69, 9.17) is 5.26 Å². The van der Waals surface area contributed by atoms with Gasteiger partial charge in [-0.3, -0.25) is 0 Å². The Morgan fingerprint density at radius 3 is 2.67 bits per heavy atom. The van der Waals surface area contributed by atoms with Crippen LogP contribution in [0.15, 0.2) is 0 Å². The van der Waals surface area contributed by atoms with Crippen molar-refractivity contribution in [2.75, 3.05) is 6.54 Å². The summed E-state index contributed by atoms with van der Waals surface area (Å²) in [7, 11) is 0. The Morgan fingerprint density at radius 2 is 2.13 bits per heavy atom. The molecule has 2 fully saturated rings. The van der Waals surface area contributed by atoms with Crippen LogP contribution < -0.4 is 5.32 Å². The maximum Gasteiger partial charge on any atom is 0.0635 e. The van der Waals surface area contributed by atoms with Crippen LogP contribution in [0.3, 0.4) is 0 Å². The lowest BCUT2D eigenvalue weighted by Gasteiger charge is -2.43. The maximum absolute atomic E-state index is 8.58. The van der Waals surface area contributed by atoms with Crippen molar-refractivity contribution in [2.45, 2.75) is 52.5 Å². The molecule has 0 amide bonds. The molecular weight excluding hydrogens is 184 g/mol. The SMILES string of the molecule is CC12CCC(C1)C(C)(C)C2NCCC#N. The summed E-state index contributed by atoms with van der Waals surface area (Å²) in [6, 6.07) is 2.82. The molecule has 1 N–H and O–H groups in total. The predicted molar refractivity (Wildman–Crippen MR) is 61.2 cm³/mol. The lowest BCUT2D eigenvalue weighted by molar-refractivity contribution is 0.110. The van der Waals surface area contributed by atoms with E-state index in [0.717, 1.165) is 12.5 Å². The molecule has 0 spiro atoms. The van der Waals surface area contributed by atoms with Crippen LogP contribution in [0.1, 0.15) is 46.5 Å². The average molecular weight is 206 g/mol. The van der Waals surface area contributed by atoms with E-state index >= 15 is 0 Å². The molecule has 15 heavy (non-hydrogen) atoms. The van der Waals surface area contributed by atoms with Crippen molar-refractivity contribution in [1.29, 1.82) is 5.26 Å². The Balaban J connectivity index is 2.06. The molecule has 0 aliphatic heterocycles. The predicted octanol–water partition coefficient (Wildman–Crippen LogP) is 2.70. The van der Waals surface area contributed by atoms with Crippen molar-refractivity contribution >= 4 is 0 Å². The van der Waals surface area contributed by atoms with Gasteiger partial charge in [0, 0.05) is 19.0 Å². The zero-order valence-corrected chi connectivity index (χ0v) is 10.1. The van der Waals surface area contributed by atoms with Crippen molar-refractivity contribution < 1.29 is 0 Å². The molecule has 3 atom stereocenters. The molecule has 2 heteroatoms. The maximum atomic E-state index is 8.58. The van der Waals surface area contributed by atoms with Crippen LogP contribution in [0, 0.1) is 28.1 Å². The minimum Gasteiger partial charge on any atom is -0.312 e. The topological polar surface area (TPSA) is 35.8 Å². The van der Waals surface area contributed by atoms with Gasteiger partial charge in [-0.25, -0.2) is 0 Å². The third-order valence-electron chi connectivity index (χ3n) is 4.86. The fourth-order valence-corrected chi connectivity index (χ4v) is 4.08. The Kier molecular flexibility index (Phi) is 2.55. The monoisotopic (exact) mass is 206 g/mol. The third kappa shape index (κ3) is 1.58. The van der Waals surface area contributed by atoms with Crippen molar-refractivity contribution in [3.8, 4) is 6.07 Å². The summed E-state index contributed by atoms with van der Waals surface area (Å²) >= 11 is 0. The first-order chi connectivity index (χ1) is 7.00. The van der Waals surface area contributed by atoms with Gasteiger partial charge in [0.25, 0.3) is 0 Å². The van der Waals surface area contributed by atoms with Crippen molar-refractivity contribution in [3.63, 3.8) is 0 Å². The second kappa shape index (κ2) is 3.49. The number of fused-ring (bicyclic) bond motifs is 2. The number of rotatable bonds is 3. The Morgan fingerprint density at radius 1 is 1.40 bits per heavy atom. The number of hydrogen-bond acceptors (Lipinski definition) is 2. The van der Waals surface area contributed by atoms with E-state index in [2.05, 4.69) is 32.2 Å². The minimum atomic E-state index is 0.419. The van der Waals surface area contributed by atoms with E-state index < -0.39 is 0 Å². The average Bonchev–Trinajstić information content (AvgIpc) is 2.62. The fraction of sp³-hybridized carbons (Fsp3) is 0.923. The highest BCUT2D eigenvalue weighted by molar-refractivity contribution is 5.12. The quantitative estimate of drug-likeness (QED) is 0.721. The Hall–Kier alpha value is -0.550. The largest absolute Gasteiger partial charge is 0.312 e. The molecule has 84 valence electrons. The van der Waals surface area contributed by atoms with Crippen LogP contribution in [0.2, 0.25) is 0 Å². The summed E-state index contributed by atoms with van der Waals surface area (Å²) in [6.45, 7) is 8.07. The summed E-state index contributed by atoms with van der Waals surface area (Å²) in [5.41, 5.74) is 0.909. The molecule has 0 aromatic rings. The van der Waals surface area contributed by atoms with Crippen LogP contribution in [0.25, 0.3) is 0 Å². The molecule has 0 aromatic heterocycles. The highest BCUT2D eigenvalue weighted by Gasteiger charge is 2.58. The zero-order valence-electron chi connectivity index (χ0n) is 10.1. The molecule has 0 heterocycles. The molecule has 2 bridgehead atoms. The van der Waals surface area contributed by atoms with Crippen LogP contribution in [-0.4, -0.2) is 12.6 Å². The Bertz CT molecular complexity index is 285. The van der Waals surface area contributed by atoms with E-state index in [1.165, 1.54) is 19.3 Å². The smallest absolute Gasteiger partial charge is 0.0635 e. The molecule has 2 aliphatic carbocycles. The van der Waals surface area contributed by atoms with Crippen molar-refractivity contribution in [1.82, 2.24) is 5.32 Å². The third-order valence-corrected chi connectivity index (χ3v) is 4.86. The number of nitriles is 1.